The Morgan fingerprint density at radius 1 is 1.00 bits per heavy atom. The van der Waals surface area contributed by atoms with E-state index in [1.807, 2.05) is 6.21 Å². The molecule has 148 valence electrons. The highest BCUT2D eigenvalue weighted by molar-refractivity contribution is 5.83. The van der Waals surface area contributed by atoms with Gasteiger partial charge in [-0.15, -0.1) is 0 Å². The Morgan fingerprint density at radius 2 is 1.73 bits per heavy atom. The van der Waals surface area contributed by atoms with E-state index in [0.29, 0.717) is 0 Å². The highest BCUT2D eigenvalue weighted by Crippen LogP contribution is 2.26. The first-order valence-corrected chi connectivity index (χ1v) is 11.0. The molecular formula is C23H41N3. The van der Waals surface area contributed by atoms with Gasteiger partial charge < -0.3 is 4.90 Å². The summed E-state index contributed by atoms with van der Waals surface area (Å²) in [6.45, 7) is 18.6. The van der Waals surface area contributed by atoms with E-state index in [0.717, 1.165) is 42.9 Å². The summed E-state index contributed by atoms with van der Waals surface area (Å²) in [5.41, 5.74) is 2.06. The second-order valence-electron chi connectivity index (χ2n) is 8.20. The van der Waals surface area contributed by atoms with E-state index in [4.69, 9.17) is 0 Å². The fourth-order valence-corrected chi connectivity index (χ4v) is 4.28. The Hall–Kier alpha value is -1.09. The zero-order valence-electron chi connectivity index (χ0n) is 17.4. The summed E-state index contributed by atoms with van der Waals surface area (Å²) in [5, 5.41) is 0. The van der Waals surface area contributed by atoms with Crippen LogP contribution in [-0.4, -0.2) is 54.8 Å². The van der Waals surface area contributed by atoms with Crippen LogP contribution in [0.3, 0.4) is 0 Å². The molecule has 0 N–H and O–H groups in total. The van der Waals surface area contributed by atoms with Crippen LogP contribution in [0.2, 0.25) is 0 Å². The summed E-state index contributed by atoms with van der Waals surface area (Å²) in [5.74, 6) is 0.835. The maximum absolute atomic E-state index is 4.66. The van der Waals surface area contributed by atoms with E-state index < -0.39 is 0 Å². The van der Waals surface area contributed by atoms with E-state index in [9.17, 15) is 0 Å². The van der Waals surface area contributed by atoms with Gasteiger partial charge in [-0.25, -0.2) is 0 Å². The zero-order valence-corrected chi connectivity index (χ0v) is 17.4. The molecule has 1 heterocycles. The quantitative estimate of drug-likeness (QED) is 0.368. The standard InChI is InChI=1S/C23H41N3/c1-5-9-22(10-6-2)13-14-24-19-20(3)21(4)25-15-8-16-26(18-17-25)23-11-7-12-23/h19,22-23H,3-18H2,1-2H3/b24-19-. The molecule has 2 aliphatic rings. The lowest BCUT2D eigenvalue weighted by molar-refractivity contribution is 0.133. The third-order valence-corrected chi connectivity index (χ3v) is 6.18. The first kappa shape index (κ1) is 21.2. The first-order chi connectivity index (χ1) is 12.7. The van der Waals surface area contributed by atoms with Gasteiger partial charge in [0.25, 0.3) is 0 Å². The van der Waals surface area contributed by atoms with Crippen molar-refractivity contribution in [2.24, 2.45) is 10.9 Å². The van der Waals surface area contributed by atoms with Gasteiger partial charge in [0.2, 0.25) is 0 Å². The summed E-state index contributed by atoms with van der Waals surface area (Å²) in [7, 11) is 0. The van der Waals surface area contributed by atoms with Gasteiger partial charge in [-0.1, -0.05) is 59.1 Å². The summed E-state index contributed by atoms with van der Waals surface area (Å²) in [4.78, 5) is 9.77. The van der Waals surface area contributed by atoms with Crippen molar-refractivity contribution in [3.63, 3.8) is 0 Å². The maximum Gasteiger partial charge on any atom is 0.0392 e. The molecule has 0 aromatic heterocycles. The Labute approximate surface area is 162 Å². The van der Waals surface area contributed by atoms with E-state index in [-0.39, 0.29) is 0 Å². The molecule has 0 bridgehead atoms. The molecule has 3 heteroatoms. The van der Waals surface area contributed by atoms with Crippen LogP contribution in [0, 0.1) is 5.92 Å². The van der Waals surface area contributed by atoms with Gasteiger partial charge in [0.1, 0.15) is 0 Å². The van der Waals surface area contributed by atoms with Crippen molar-refractivity contribution in [2.75, 3.05) is 32.7 Å². The minimum Gasteiger partial charge on any atom is -0.370 e. The normalized spacial score (nSPS) is 19.7. The van der Waals surface area contributed by atoms with Gasteiger partial charge in [0.05, 0.1) is 0 Å². The van der Waals surface area contributed by atoms with Crippen LogP contribution in [-0.2, 0) is 0 Å². The topological polar surface area (TPSA) is 18.8 Å². The second-order valence-corrected chi connectivity index (χ2v) is 8.20. The summed E-state index contributed by atoms with van der Waals surface area (Å²) >= 11 is 0. The van der Waals surface area contributed by atoms with Crippen molar-refractivity contribution in [3.05, 3.63) is 24.4 Å². The van der Waals surface area contributed by atoms with Crippen molar-refractivity contribution in [3.8, 4) is 0 Å². The molecule has 3 nitrogen and oxygen atoms in total. The highest BCUT2D eigenvalue weighted by atomic mass is 15.2. The predicted octanol–water partition coefficient (Wildman–Crippen LogP) is 5.29. The lowest BCUT2D eigenvalue weighted by Gasteiger charge is -2.36. The van der Waals surface area contributed by atoms with Crippen LogP contribution in [0.4, 0.5) is 0 Å². The lowest BCUT2D eigenvalue weighted by Crippen LogP contribution is -2.42. The van der Waals surface area contributed by atoms with E-state index >= 15 is 0 Å². The molecule has 1 aliphatic heterocycles. The van der Waals surface area contributed by atoms with Crippen LogP contribution >= 0.6 is 0 Å². The van der Waals surface area contributed by atoms with E-state index in [2.05, 4.69) is 41.8 Å². The minimum absolute atomic E-state index is 0.835. The molecule has 1 aliphatic carbocycles. The van der Waals surface area contributed by atoms with E-state index in [1.165, 1.54) is 70.9 Å². The Bertz CT molecular complexity index is 458. The molecule has 2 rings (SSSR count). The van der Waals surface area contributed by atoms with Crippen molar-refractivity contribution < 1.29 is 0 Å². The monoisotopic (exact) mass is 359 g/mol. The largest absolute Gasteiger partial charge is 0.370 e. The van der Waals surface area contributed by atoms with Gasteiger partial charge in [-0.3, -0.25) is 9.89 Å². The molecular weight excluding hydrogens is 318 g/mol. The molecule has 0 spiro atoms. The summed E-state index contributed by atoms with van der Waals surface area (Å²) in [6, 6.07) is 0.854. The third-order valence-electron chi connectivity index (χ3n) is 6.18. The highest BCUT2D eigenvalue weighted by Gasteiger charge is 2.26. The second kappa shape index (κ2) is 11.6. The molecule has 0 atom stereocenters. The molecule has 0 aromatic rings. The van der Waals surface area contributed by atoms with Gasteiger partial charge >= 0.3 is 0 Å². The van der Waals surface area contributed by atoms with Gasteiger partial charge in [0.15, 0.2) is 0 Å². The first-order valence-electron chi connectivity index (χ1n) is 11.0. The van der Waals surface area contributed by atoms with Crippen molar-refractivity contribution in [1.29, 1.82) is 0 Å². The number of nitrogens with zero attached hydrogens (tertiary/aromatic N) is 3. The Kier molecular flexibility index (Phi) is 9.45. The molecule has 1 saturated carbocycles. The van der Waals surface area contributed by atoms with Gasteiger partial charge in [0, 0.05) is 56.3 Å². The number of allylic oxidation sites excluding steroid dienone is 1. The fourth-order valence-electron chi connectivity index (χ4n) is 4.28. The number of hydrogen-bond acceptors (Lipinski definition) is 3. The van der Waals surface area contributed by atoms with Crippen LogP contribution < -0.4 is 0 Å². The fraction of sp³-hybridized carbons (Fsp3) is 0.783. The number of rotatable bonds is 11. The van der Waals surface area contributed by atoms with Crippen LogP contribution in [0.5, 0.6) is 0 Å². The smallest absolute Gasteiger partial charge is 0.0392 e. The Balaban J connectivity index is 1.72. The average Bonchev–Trinajstić information content (AvgIpc) is 2.82. The molecule has 26 heavy (non-hydrogen) atoms. The van der Waals surface area contributed by atoms with Gasteiger partial charge in [-0.05, 0) is 31.6 Å². The summed E-state index contributed by atoms with van der Waals surface area (Å²) < 4.78 is 0. The predicted molar refractivity (Wildman–Crippen MR) is 115 cm³/mol. The number of aliphatic imine (C=N–C) groups is 1. The average molecular weight is 360 g/mol. The molecule has 0 aromatic carbocycles. The molecule has 0 amide bonds. The van der Waals surface area contributed by atoms with Crippen LogP contribution in [0.15, 0.2) is 29.4 Å². The zero-order chi connectivity index (χ0) is 18.8. The minimum atomic E-state index is 0.835. The van der Waals surface area contributed by atoms with Crippen molar-refractivity contribution in [2.45, 2.75) is 77.7 Å². The number of hydrogen-bond donors (Lipinski definition) is 0. The van der Waals surface area contributed by atoms with Crippen LogP contribution in [0.25, 0.3) is 0 Å². The van der Waals surface area contributed by atoms with Crippen molar-refractivity contribution in [1.82, 2.24) is 9.80 Å². The Morgan fingerprint density at radius 3 is 2.35 bits per heavy atom. The SMILES string of the molecule is C=C(/C=N\CCC(CCC)CCC)C(=C)N1CCCN(C2CCC2)CC1. The molecule has 2 fully saturated rings. The maximum atomic E-state index is 4.66. The van der Waals surface area contributed by atoms with Gasteiger partial charge in [-0.2, -0.15) is 0 Å². The molecule has 0 radical (unpaired) electrons. The van der Waals surface area contributed by atoms with Crippen molar-refractivity contribution >= 4 is 6.21 Å². The molecule has 0 unspecified atom stereocenters. The summed E-state index contributed by atoms with van der Waals surface area (Å²) in [6.07, 6.45) is 13.9. The van der Waals surface area contributed by atoms with Crippen LogP contribution in [0.1, 0.15) is 71.6 Å². The third kappa shape index (κ3) is 6.57. The molecule has 1 saturated heterocycles. The van der Waals surface area contributed by atoms with E-state index in [1.54, 1.807) is 0 Å². The lowest BCUT2D eigenvalue weighted by atomic mass is 9.91.